The number of nitrogens with zero attached hydrogens (tertiary/aromatic N) is 2. The van der Waals surface area contributed by atoms with E-state index in [1.165, 1.54) is 0 Å². The number of aryl methyl sites for hydroxylation is 2. The molecular formula is C22H21N3O5. The number of hydrogen-bond acceptors (Lipinski definition) is 6. The highest BCUT2D eigenvalue weighted by Gasteiger charge is 2.29. The van der Waals surface area contributed by atoms with Gasteiger partial charge in [-0.05, 0) is 35.6 Å². The molecule has 0 saturated heterocycles. The summed E-state index contributed by atoms with van der Waals surface area (Å²) in [6.45, 7) is 1.80. The number of nitrogens with one attached hydrogen (secondary N) is 1. The lowest BCUT2D eigenvalue weighted by Gasteiger charge is -2.17. The highest BCUT2D eigenvalue weighted by molar-refractivity contribution is 5.81. The first-order chi connectivity index (χ1) is 14.5. The Kier molecular flexibility index (Phi) is 5.47. The monoisotopic (exact) mass is 407 g/mol. The Hall–Kier alpha value is -3.68. The van der Waals surface area contributed by atoms with E-state index in [9.17, 15) is 14.7 Å². The molecule has 1 atom stereocenters. The topological polar surface area (TPSA) is 115 Å². The van der Waals surface area contributed by atoms with Crippen molar-refractivity contribution in [3.05, 3.63) is 71.4 Å². The van der Waals surface area contributed by atoms with Gasteiger partial charge in [-0.2, -0.15) is 4.98 Å². The molecule has 154 valence electrons. The lowest BCUT2D eigenvalue weighted by Crippen LogP contribution is -2.41. The Morgan fingerprint density at radius 1 is 1.13 bits per heavy atom. The predicted octanol–water partition coefficient (Wildman–Crippen LogP) is 3.30. The first-order valence-corrected chi connectivity index (χ1v) is 9.66. The van der Waals surface area contributed by atoms with E-state index < -0.39 is 18.1 Å². The van der Waals surface area contributed by atoms with Crippen LogP contribution in [0.4, 0.5) is 4.79 Å². The van der Waals surface area contributed by atoms with Crippen molar-refractivity contribution in [2.45, 2.75) is 31.7 Å². The van der Waals surface area contributed by atoms with Crippen LogP contribution < -0.4 is 5.32 Å². The molecule has 0 saturated carbocycles. The van der Waals surface area contributed by atoms with Gasteiger partial charge in [-0.1, -0.05) is 53.7 Å². The SMILES string of the molecule is Cc1noc(CC[C@H](NC(=O)OCC2c3ccccc3-c3ccccc32)C(=O)O)n1. The van der Waals surface area contributed by atoms with Gasteiger partial charge in [0.25, 0.3) is 0 Å². The molecule has 2 N–H and O–H groups in total. The third-order valence-electron chi connectivity index (χ3n) is 5.15. The third-order valence-corrected chi connectivity index (χ3v) is 5.15. The van der Waals surface area contributed by atoms with Crippen LogP contribution in [0.2, 0.25) is 0 Å². The van der Waals surface area contributed by atoms with Crippen LogP contribution in [0.15, 0.2) is 53.1 Å². The largest absolute Gasteiger partial charge is 0.480 e. The molecule has 0 radical (unpaired) electrons. The van der Waals surface area contributed by atoms with Crippen molar-refractivity contribution in [1.29, 1.82) is 0 Å². The van der Waals surface area contributed by atoms with Gasteiger partial charge in [-0.25, -0.2) is 9.59 Å². The minimum absolute atomic E-state index is 0.0900. The number of alkyl carbamates (subject to hydrolysis) is 1. The van der Waals surface area contributed by atoms with Crippen molar-refractivity contribution in [3.63, 3.8) is 0 Å². The molecule has 0 spiro atoms. The Labute approximate surface area is 172 Å². The fourth-order valence-electron chi connectivity index (χ4n) is 3.75. The van der Waals surface area contributed by atoms with E-state index in [2.05, 4.69) is 15.5 Å². The molecule has 1 amide bonds. The summed E-state index contributed by atoms with van der Waals surface area (Å²) in [7, 11) is 0. The van der Waals surface area contributed by atoms with Gasteiger partial charge in [0.1, 0.15) is 12.6 Å². The number of fused-ring (bicyclic) bond motifs is 3. The van der Waals surface area contributed by atoms with Crippen molar-refractivity contribution in [2.75, 3.05) is 6.61 Å². The van der Waals surface area contributed by atoms with Gasteiger partial charge in [-0.3, -0.25) is 0 Å². The fraction of sp³-hybridized carbons (Fsp3) is 0.273. The van der Waals surface area contributed by atoms with Crippen molar-refractivity contribution in [2.24, 2.45) is 0 Å². The number of carbonyl (C=O) groups excluding carboxylic acids is 1. The summed E-state index contributed by atoms with van der Waals surface area (Å²) in [6, 6.07) is 14.9. The average molecular weight is 407 g/mol. The standard InChI is InChI=1S/C22H21N3O5/c1-13-23-20(30-25-13)11-10-19(21(26)27)24-22(28)29-12-18-16-8-4-2-6-14(16)15-7-3-5-9-17(15)18/h2-9,18-19H,10-12H2,1H3,(H,24,28)(H,26,27)/t19-/m0/s1. The third kappa shape index (κ3) is 4.03. The summed E-state index contributed by atoms with van der Waals surface area (Å²) in [6.07, 6.45) is -0.422. The fourth-order valence-corrected chi connectivity index (χ4v) is 3.75. The molecule has 0 fully saturated rings. The van der Waals surface area contributed by atoms with E-state index in [1.807, 2.05) is 48.5 Å². The molecule has 0 bridgehead atoms. The van der Waals surface area contributed by atoms with Crippen LogP contribution in [-0.2, 0) is 16.0 Å². The molecule has 4 rings (SSSR count). The van der Waals surface area contributed by atoms with E-state index in [0.717, 1.165) is 22.3 Å². The van der Waals surface area contributed by atoms with Gasteiger partial charge in [0.2, 0.25) is 5.89 Å². The van der Waals surface area contributed by atoms with E-state index in [1.54, 1.807) is 6.92 Å². The number of aromatic nitrogens is 2. The number of carbonyl (C=O) groups is 2. The zero-order chi connectivity index (χ0) is 21.1. The number of benzene rings is 2. The molecule has 0 unspecified atom stereocenters. The summed E-state index contributed by atoms with van der Waals surface area (Å²) < 4.78 is 10.4. The first-order valence-electron chi connectivity index (χ1n) is 9.66. The van der Waals surface area contributed by atoms with E-state index in [0.29, 0.717) is 11.7 Å². The Morgan fingerprint density at radius 3 is 2.33 bits per heavy atom. The highest BCUT2D eigenvalue weighted by Crippen LogP contribution is 2.44. The molecule has 3 aromatic rings. The van der Waals surface area contributed by atoms with Crippen LogP contribution in [0.25, 0.3) is 11.1 Å². The first kappa shape index (κ1) is 19.6. The summed E-state index contributed by atoms with van der Waals surface area (Å²) >= 11 is 0. The number of hydrogen-bond donors (Lipinski definition) is 2. The van der Waals surface area contributed by atoms with E-state index in [4.69, 9.17) is 9.26 Å². The minimum atomic E-state index is -1.15. The Morgan fingerprint density at radius 2 is 1.77 bits per heavy atom. The zero-order valence-electron chi connectivity index (χ0n) is 16.4. The van der Waals surface area contributed by atoms with Gasteiger partial charge < -0.3 is 19.7 Å². The molecule has 1 aliphatic rings. The minimum Gasteiger partial charge on any atom is -0.480 e. The molecule has 1 heterocycles. The van der Waals surface area contributed by atoms with Crippen LogP contribution in [-0.4, -0.2) is 40.0 Å². The number of carboxylic acid groups (broad SMARTS) is 1. The van der Waals surface area contributed by atoms with Gasteiger partial charge >= 0.3 is 12.1 Å². The molecule has 8 heteroatoms. The van der Waals surface area contributed by atoms with Crippen LogP contribution in [0.1, 0.15) is 35.2 Å². The maximum atomic E-state index is 12.3. The lowest BCUT2D eigenvalue weighted by atomic mass is 9.98. The van der Waals surface area contributed by atoms with E-state index >= 15 is 0 Å². The molecule has 2 aromatic carbocycles. The van der Waals surface area contributed by atoms with Crippen molar-refractivity contribution >= 4 is 12.1 Å². The number of carboxylic acids is 1. The van der Waals surface area contributed by atoms with Gasteiger partial charge in [0.05, 0.1) is 0 Å². The van der Waals surface area contributed by atoms with Gasteiger partial charge in [-0.15, -0.1) is 0 Å². The van der Waals surface area contributed by atoms with Crippen molar-refractivity contribution in [3.8, 4) is 11.1 Å². The Bertz CT molecular complexity index is 1030. The maximum Gasteiger partial charge on any atom is 0.407 e. The van der Waals surface area contributed by atoms with Crippen LogP contribution in [0.5, 0.6) is 0 Å². The van der Waals surface area contributed by atoms with Crippen molar-refractivity contribution in [1.82, 2.24) is 15.5 Å². The summed E-state index contributed by atoms with van der Waals surface area (Å²) in [5, 5.41) is 15.5. The molecule has 8 nitrogen and oxygen atoms in total. The smallest absolute Gasteiger partial charge is 0.407 e. The molecule has 30 heavy (non-hydrogen) atoms. The molecule has 1 aromatic heterocycles. The summed E-state index contributed by atoms with van der Waals surface area (Å²) in [5.41, 5.74) is 4.43. The predicted molar refractivity (Wildman–Crippen MR) is 107 cm³/mol. The lowest BCUT2D eigenvalue weighted by molar-refractivity contribution is -0.139. The quantitative estimate of drug-likeness (QED) is 0.617. The second-order valence-electron chi connectivity index (χ2n) is 7.13. The maximum absolute atomic E-state index is 12.3. The van der Waals surface area contributed by atoms with Crippen LogP contribution in [0.3, 0.4) is 0 Å². The summed E-state index contributed by atoms with van der Waals surface area (Å²) in [5.74, 6) is -0.443. The van der Waals surface area contributed by atoms with Gasteiger partial charge in [0, 0.05) is 12.3 Å². The highest BCUT2D eigenvalue weighted by atomic mass is 16.5. The number of rotatable bonds is 7. The second kappa shape index (κ2) is 8.36. The second-order valence-corrected chi connectivity index (χ2v) is 7.13. The van der Waals surface area contributed by atoms with Crippen molar-refractivity contribution < 1.29 is 24.0 Å². The zero-order valence-corrected chi connectivity index (χ0v) is 16.4. The molecule has 0 aliphatic heterocycles. The number of ether oxygens (including phenoxy) is 1. The van der Waals surface area contributed by atoms with Gasteiger partial charge in [0.15, 0.2) is 5.82 Å². The Balaban J connectivity index is 1.38. The normalized spacial score (nSPS) is 13.4. The average Bonchev–Trinajstić information content (AvgIpc) is 3.30. The molecular weight excluding hydrogens is 386 g/mol. The number of aliphatic carboxylic acids is 1. The number of amides is 1. The van der Waals surface area contributed by atoms with Crippen LogP contribution in [0, 0.1) is 6.92 Å². The summed E-state index contributed by atoms with van der Waals surface area (Å²) in [4.78, 5) is 27.9. The van der Waals surface area contributed by atoms with E-state index in [-0.39, 0.29) is 25.4 Å². The van der Waals surface area contributed by atoms with Crippen LogP contribution >= 0.6 is 0 Å². The molecule has 1 aliphatic carbocycles.